The maximum Gasteiger partial charge on any atom is 0.397 e. The van der Waals surface area contributed by atoms with Crippen molar-refractivity contribution in [1.29, 1.82) is 0 Å². The number of halogens is 2. The molecule has 0 spiro atoms. The second-order valence-corrected chi connectivity index (χ2v) is 17.5. The molecule has 10 nitrogen and oxygen atoms in total. The van der Waals surface area contributed by atoms with Gasteiger partial charge in [0.1, 0.15) is 12.2 Å². The van der Waals surface area contributed by atoms with Gasteiger partial charge >= 0.3 is 13.3 Å². The molecule has 1 fully saturated rings. The van der Waals surface area contributed by atoms with Crippen molar-refractivity contribution >= 4 is 27.6 Å². The number of nitrogens with zero attached hydrogens (tertiary/aromatic N) is 1. The van der Waals surface area contributed by atoms with Gasteiger partial charge < -0.3 is 28.1 Å². The van der Waals surface area contributed by atoms with E-state index in [0.717, 1.165) is 4.90 Å². The number of allylic oxidation sites excluding steroid dienone is 1. The van der Waals surface area contributed by atoms with Crippen molar-refractivity contribution in [2.45, 2.75) is 103 Å². The molecule has 1 heterocycles. The fraction of sp³-hybridized carbons (Fsp3) is 0.833. The highest BCUT2D eigenvalue weighted by molar-refractivity contribution is 7.54. The Morgan fingerprint density at radius 3 is 2.16 bits per heavy atom. The summed E-state index contributed by atoms with van der Waals surface area (Å²) in [6.07, 6.45) is -4.88. The van der Waals surface area contributed by atoms with Crippen LogP contribution < -0.4 is 0 Å². The Bertz CT molecular complexity index is 910. The molecule has 14 heteroatoms. The van der Waals surface area contributed by atoms with Crippen molar-refractivity contribution < 1.29 is 51.0 Å². The number of Topliss-reactive ketones (excluding diaryl/α,β-unsaturated/α-hetero) is 1. The molecule has 0 aromatic carbocycles. The number of hydrogen-bond donors (Lipinski definition) is 1. The van der Waals surface area contributed by atoms with E-state index in [-0.39, 0.29) is 29.6 Å². The Labute approximate surface area is 225 Å². The monoisotopic (exact) mass is 587 g/mol. The maximum atomic E-state index is 15.2. The summed E-state index contributed by atoms with van der Waals surface area (Å²) < 4.78 is 70.8. The van der Waals surface area contributed by atoms with Crippen LogP contribution in [0, 0.1) is 0 Å². The van der Waals surface area contributed by atoms with Crippen molar-refractivity contribution in [3.05, 3.63) is 11.8 Å². The number of methoxy groups -OCH3 is 1. The summed E-state index contributed by atoms with van der Waals surface area (Å²) in [4.78, 5) is 35.7. The van der Waals surface area contributed by atoms with E-state index in [1.165, 1.54) is 41.0 Å². The Morgan fingerprint density at radius 2 is 1.71 bits per heavy atom. The lowest BCUT2D eigenvalue weighted by Gasteiger charge is -2.41. The van der Waals surface area contributed by atoms with Gasteiger partial charge in [-0.1, -0.05) is 20.8 Å². The molecule has 0 radical (unpaired) electrons. The van der Waals surface area contributed by atoms with Gasteiger partial charge in [-0.3, -0.25) is 19.1 Å². The third-order valence-corrected chi connectivity index (χ3v) is 12.9. The maximum absolute atomic E-state index is 15.2. The van der Waals surface area contributed by atoms with Crippen molar-refractivity contribution in [2.75, 3.05) is 26.9 Å². The number of carbonyl (C=O) groups excluding carboxylic acids is 2. The highest BCUT2D eigenvalue weighted by Gasteiger charge is 2.59. The minimum atomic E-state index is -5.36. The molecule has 0 saturated carbocycles. The molecule has 1 aliphatic rings. The summed E-state index contributed by atoms with van der Waals surface area (Å²) in [5.74, 6) is -0.835. The van der Waals surface area contributed by atoms with Crippen LogP contribution in [0.2, 0.25) is 18.1 Å². The zero-order valence-electron chi connectivity index (χ0n) is 24.1. The van der Waals surface area contributed by atoms with E-state index in [1.54, 1.807) is 0 Å². The average Bonchev–Trinajstić information content (AvgIpc) is 3.06. The predicted octanol–water partition coefficient (Wildman–Crippen LogP) is 4.68. The minimum Gasteiger partial charge on any atom is -0.408 e. The van der Waals surface area contributed by atoms with Gasteiger partial charge in [0.2, 0.25) is 5.91 Å². The molecule has 0 aromatic heterocycles. The van der Waals surface area contributed by atoms with E-state index in [4.69, 9.17) is 18.6 Å². The van der Waals surface area contributed by atoms with Gasteiger partial charge in [0.25, 0.3) is 0 Å². The lowest BCUT2D eigenvalue weighted by molar-refractivity contribution is -0.148. The van der Waals surface area contributed by atoms with Gasteiger partial charge in [-0.05, 0) is 38.9 Å². The summed E-state index contributed by atoms with van der Waals surface area (Å²) in [7, 11) is -6.54. The second kappa shape index (κ2) is 13.5. The lowest BCUT2D eigenvalue weighted by atomic mass is 10.1. The molecule has 1 N–H and O–H groups in total. The third-order valence-electron chi connectivity index (χ3n) is 6.81. The fourth-order valence-corrected chi connectivity index (χ4v) is 5.74. The number of ether oxygens (including phenoxy) is 3. The summed E-state index contributed by atoms with van der Waals surface area (Å²) in [5.41, 5.74) is -3.95. The smallest absolute Gasteiger partial charge is 0.397 e. The van der Waals surface area contributed by atoms with Crippen molar-refractivity contribution in [3.8, 4) is 0 Å². The van der Waals surface area contributed by atoms with Crippen LogP contribution in [0.1, 0.15) is 54.9 Å². The first-order chi connectivity index (χ1) is 17.2. The highest BCUT2D eigenvalue weighted by Crippen LogP contribution is 2.60. The van der Waals surface area contributed by atoms with Gasteiger partial charge in [-0.25, -0.2) is 0 Å². The van der Waals surface area contributed by atoms with Gasteiger partial charge in [0.15, 0.2) is 20.3 Å². The molecule has 1 aliphatic heterocycles. The SMILES string of the molecule is CCOP(=O)(O)C(F)(F)C[C@H]1O[C@@H](N(/C=C(/C)C(C)=O)C(C)=O)[C@H](OCCOC)[C@@H]1O[Si](C)(C)C(C)(C)C. The second-order valence-electron chi connectivity index (χ2n) is 10.8. The third kappa shape index (κ3) is 8.72. The standard InChI is InChI=1S/C24H44F2NO9PSi/c1-11-34-37(30,31)24(25,26)14-19-20(36-38(9,10)23(5,6)7)21(33-13-12-32-8)22(35-19)27(18(4)29)15-16(2)17(3)28/h15,19-22H,11-14H2,1-10H3,(H,30,31)/b16-15-/t19-,20-,21-,22-/m1/s1. The molecule has 0 bridgehead atoms. The molecular formula is C24H44F2NO9PSi. The summed E-state index contributed by atoms with van der Waals surface area (Å²) in [5, 5.41) is -0.335. The first-order valence-electron chi connectivity index (χ1n) is 12.5. The van der Waals surface area contributed by atoms with Gasteiger partial charge in [0, 0.05) is 25.8 Å². The molecule has 222 valence electrons. The van der Waals surface area contributed by atoms with Crippen molar-refractivity contribution in [1.82, 2.24) is 4.90 Å². The van der Waals surface area contributed by atoms with Gasteiger partial charge in [0.05, 0.1) is 32.3 Å². The van der Waals surface area contributed by atoms with Crippen LogP contribution in [-0.2, 0) is 37.3 Å². The highest BCUT2D eigenvalue weighted by atomic mass is 31.2. The molecule has 38 heavy (non-hydrogen) atoms. The molecule has 0 aliphatic carbocycles. The number of ketones is 1. The molecular weight excluding hydrogens is 543 g/mol. The first kappa shape index (κ1) is 35.0. The van der Waals surface area contributed by atoms with E-state index < -0.39 is 65.1 Å². The molecule has 1 saturated heterocycles. The van der Waals surface area contributed by atoms with Crippen LogP contribution >= 0.6 is 7.60 Å². The van der Waals surface area contributed by atoms with Gasteiger partial charge in [-0.2, -0.15) is 8.78 Å². The average molecular weight is 588 g/mol. The Hall–Kier alpha value is -1.05. The Balaban J connectivity index is 3.68. The van der Waals surface area contributed by atoms with Crippen molar-refractivity contribution in [2.24, 2.45) is 0 Å². The van der Waals surface area contributed by atoms with Crippen LogP contribution in [-0.4, -0.2) is 86.9 Å². The number of rotatable bonds is 14. The quantitative estimate of drug-likeness (QED) is 0.134. The Morgan fingerprint density at radius 1 is 1.13 bits per heavy atom. The molecule has 1 amide bonds. The van der Waals surface area contributed by atoms with Crippen LogP contribution in [0.5, 0.6) is 0 Å². The van der Waals surface area contributed by atoms with Crippen LogP contribution in [0.4, 0.5) is 8.78 Å². The van der Waals surface area contributed by atoms with Gasteiger partial charge in [-0.15, -0.1) is 0 Å². The summed E-state index contributed by atoms with van der Waals surface area (Å²) in [6.45, 7) is 14.9. The number of alkyl halides is 2. The van der Waals surface area contributed by atoms with Crippen LogP contribution in [0.25, 0.3) is 0 Å². The fourth-order valence-electron chi connectivity index (χ4n) is 3.47. The topological polar surface area (TPSA) is 121 Å². The van der Waals surface area contributed by atoms with E-state index >= 15 is 8.78 Å². The normalized spacial score (nSPS) is 24.8. The van der Waals surface area contributed by atoms with E-state index in [9.17, 15) is 19.0 Å². The lowest BCUT2D eigenvalue weighted by Crippen LogP contribution is -2.52. The largest absolute Gasteiger partial charge is 0.408 e. The first-order valence-corrected chi connectivity index (χ1v) is 17.0. The molecule has 1 unspecified atom stereocenters. The zero-order valence-corrected chi connectivity index (χ0v) is 26.0. The summed E-state index contributed by atoms with van der Waals surface area (Å²) in [6, 6.07) is 0. The summed E-state index contributed by atoms with van der Waals surface area (Å²) >= 11 is 0. The molecule has 5 atom stereocenters. The Kier molecular flexibility index (Phi) is 12.5. The molecule has 1 rings (SSSR count). The number of carbonyl (C=O) groups is 2. The number of amides is 1. The van der Waals surface area contributed by atoms with Crippen LogP contribution in [0.15, 0.2) is 11.8 Å². The van der Waals surface area contributed by atoms with E-state index in [2.05, 4.69) is 4.52 Å². The zero-order chi connectivity index (χ0) is 29.7. The number of hydrogen-bond acceptors (Lipinski definition) is 8. The predicted molar refractivity (Wildman–Crippen MR) is 140 cm³/mol. The van der Waals surface area contributed by atoms with E-state index in [0.29, 0.717) is 0 Å². The van der Waals surface area contributed by atoms with Crippen molar-refractivity contribution in [3.63, 3.8) is 0 Å². The van der Waals surface area contributed by atoms with Crippen LogP contribution in [0.3, 0.4) is 0 Å². The molecule has 0 aromatic rings. The minimum absolute atomic E-state index is 0.0279. The van der Waals surface area contributed by atoms with E-state index in [1.807, 2.05) is 33.9 Å².